The quantitative estimate of drug-likeness (QED) is 0.871. The number of pyridine rings is 1. The molecule has 0 saturated carbocycles. The highest BCUT2D eigenvalue weighted by molar-refractivity contribution is 5.42. The normalized spacial score (nSPS) is 23.3. The van der Waals surface area contributed by atoms with E-state index in [0.717, 1.165) is 18.9 Å². The lowest BCUT2D eigenvalue weighted by molar-refractivity contribution is 0.653. The lowest BCUT2D eigenvalue weighted by Crippen LogP contribution is -2.28. The highest BCUT2D eigenvalue weighted by Crippen LogP contribution is 2.28. The molecular weight excluding hydrogens is 222 g/mol. The van der Waals surface area contributed by atoms with Crippen LogP contribution >= 0.6 is 0 Å². The first kappa shape index (κ1) is 11.2. The monoisotopic (exact) mass is 239 g/mol. The molecule has 1 aromatic carbocycles. The van der Waals surface area contributed by atoms with Gasteiger partial charge < -0.3 is 10.6 Å². The number of hydrogen-bond donors (Lipinski definition) is 1. The molecule has 2 aromatic rings. The van der Waals surface area contributed by atoms with Crippen molar-refractivity contribution in [2.24, 2.45) is 5.73 Å². The maximum absolute atomic E-state index is 6.27. The number of nitrogens with zero attached hydrogens (tertiary/aromatic N) is 2. The fraction of sp³-hybridized carbons (Fsp3) is 0.267. The van der Waals surface area contributed by atoms with Gasteiger partial charge in [0, 0.05) is 31.2 Å². The van der Waals surface area contributed by atoms with Crippen molar-refractivity contribution in [3.05, 3.63) is 60.3 Å². The van der Waals surface area contributed by atoms with Crippen LogP contribution in [0.2, 0.25) is 0 Å². The zero-order chi connectivity index (χ0) is 12.4. The average molecular weight is 239 g/mol. The van der Waals surface area contributed by atoms with Crippen LogP contribution in [0.4, 0.5) is 5.82 Å². The van der Waals surface area contributed by atoms with Crippen molar-refractivity contribution < 1.29 is 0 Å². The summed E-state index contributed by atoms with van der Waals surface area (Å²) < 4.78 is 0. The van der Waals surface area contributed by atoms with Gasteiger partial charge in [-0.1, -0.05) is 36.4 Å². The summed E-state index contributed by atoms with van der Waals surface area (Å²) in [4.78, 5) is 6.66. The van der Waals surface area contributed by atoms with Crippen LogP contribution in [-0.2, 0) is 0 Å². The van der Waals surface area contributed by atoms with E-state index in [9.17, 15) is 0 Å². The molecule has 3 heteroatoms. The number of hydrogen-bond acceptors (Lipinski definition) is 3. The van der Waals surface area contributed by atoms with Gasteiger partial charge in [-0.15, -0.1) is 0 Å². The molecule has 0 aliphatic carbocycles. The molecule has 3 nitrogen and oxygen atoms in total. The molecule has 1 aliphatic rings. The van der Waals surface area contributed by atoms with Gasteiger partial charge in [0.15, 0.2) is 0 Å². The lowest BCUT2D eigenvalue weighted by atomic mass is 9.95. The minimum Gasteiger partial charge on any atom is -0.354 e. The Hall–Kier alpha value is -1.87. The van der Waals surface area contributed by atoms with Crippen LogP contribution < -0.4 is 10.6 Å². The van der Waals surface area contributed by atoms with Gasteiger partial charge in [-0.3, -0.25) is 0 Å². The molecule has 0 spiro atoms. The molecule has 2 N–H and O–H groups in total. The smallest absolute Gasteiger partial charge is 0.128 e. The van der Waals surface area contributed by atoms with E-state index >= 15 is 0 Å². The van der Waals surface area contributed by atoms with Gasteiger partial charge in [0.05, 0.1) is 0 Å². The molecule has 18 heavy (non-hydrogen) atoms. The second-order valence-electron chi connectivity index (χ2n) is 4.77. The largest absolute Gasteiger partial charge is 0.354 e. The zero-order valence-corrected chi connectivity index (χ0v) is 10.2. The van der Waals surface area contributed by atoms with E-state index in [-0.39, 0.29) is 6.04 Å². The first-order valence-corrected chi connectivity index (χ1v) is 6.31. The maximum atomic E-state index is 6.27. The van der Waals surface area contributed by atoms with Crippen LogP contribution in [0.1, 0.15) is 11.5 Å². The van der Waals surface area contributed by atoms with E-state index < -0.39 is 0 Å². The van der Waals surface area contributed by atoms with Gasteiger partial charge in [0.25, 0.3) is 0 Å². The van der Waals surface area contributed by atoms with Crippen LogP contribution in [0.3, 0.4) is 0 Å². The SMILES string of the molecule is NC1CN(c2ccccn2)CC1c1ccccc1. The van der Waals surface area contributed by atoms with E-state index in [1.807, 2.05) is 30.5 Å². The van der Waals surface area contributed by atoms with E-state index in [1.165, 1.54) is 5.56 Å². The summed E-state index contributed by atoms with van der Waals surface area (Å²) in [5, 5.41) is 0. The molecule has 2 atom stereocenters. The van der Waals surface area contributed by atoms with Crippen molar-refractivity contribution in [1.29, 1.82) is 0 Å². The summed E-state index contributed by atoms with van der Waals surface area (Å²) in [6.45, 7) is 1.82. The van der Waals surface area contributed by atoms with Gasteiger partial charge in [-0.25, -0.2) is 4.98 Å². The summed E-state index contributed by atoms with van der Waals surface area (Å²) in [6.07, 6.45) is 1.83. The summed E-state index contributed by atoms with van der Waals surface area (Å²) >= 11 is 0. The zero-order valence-electron chi connectivity index (χ0n) is 10.2. The standard InChI is InChI=1S/C15H17N3/c16-14-11-18(15-8-4-5-9-17-15)10-13(14)12-6-2-1-3-7-12/h1-9,13-14H,10-11,16H2. The molecule has 2 unspecified atom stereocenters. The number of aromatic nitrogens is 1. The minimum atomic E-state index is 0.175. The third-order valence-corrected chi connectivity index (χ3v) is 3.57. The number of nitrogens with two attached hydrogens (primary N) is 1. The van der Waals surface area contributed by atoms with Crippen molar-refractivity contribution in [2.75, 3.05) is 18.0 Å². The highest BCUT2D eigenvalue weighted by atomic mass is 15.2. The summed E-state index contributed by atoms with van der Waals surface area (Å²) in [5.74, 6) is 1.42. The molecule has 1 aliphatic heterocycles. The molecular formula is C15H17N3. The molecule has 3 rings (SSSR count). The van der Waals surface area contributed by atoms with Crippen molar-refractivity contribution in [3.8, 4) is 0 Å². The van der Waals surface area contributed by atoms with Gasteiger partial charge in [-0.2, -0.15) is 0 Å². The summed E-state index contributed by atoms with van der Waals surface area (Å²) in [5.41, 5.74) is 7.59. The molecule has 0 amide bonds. The van der Waals surface area contributed by atoms with Crippen LogP contribution in [0.25, 0.3) is 0 Å². The fourth-order valence-corrected chi connectivity index (χ4v) is 2.61. The molecule has 1 aromatic heterocycles. The first-order chi connectivity index (χ1) is 8.84. The highest BCUT2D eigenvalue weighted by Gasteiger charge is 2.31. The number of rotatable bonds is 2. The van der Waals surface area contributed by atoms with Crippen molar-refractivity contribution in [3.63, 3.8) is 0 Å². The Bertz CT molecular complexity index is 498. The van der Waals surface area contributed by atoms with Gasteiger partial charge in [-0.05, 0) is 17.7 Å². The third kappa shape index (κ3) is 2.09. The topological polar surface area (TPSA) is 42.1 Å². The van der Waals surface area contributed by atoms with Crippen LogP contribution in [0.5, 0.6) is 0 Å². The van der Waals surface area contributed by atoms with E-state index in [2.05, 4.69) is 34.1 Å². The van der Waals surface area contributed by atoms with Crippen LogP contribution in [0, 0.1) is 0 Å². The van der Waals surface area contributed by atoms with Crippen molar-refractivity contribution in [1.82, 2.24) is 4.98 Å². The molecule has 0 bridgehead atoms. The first-order valence-electron chi connectivity index (χ1n) is 6.31. The predicted octanol–water partition coefficient (Wildman–Crippen LogP) is 2.01. The Labute approximate surface area is 107 Å². The van der Waals surface area contributed by atoms with E-state index in [0.29, 0.717) is 5.92 Å². The summed E-state index contributed by atoms with van der Waals surface area (Å²) in [6, 6.07) is 16.7. The Morgan fingerprint density at radius 2 is 1.78 bits per heavy atom. The number of benzene rings is 1. The van der Waals surface area contributed by atoms with Gasteiger partial charge >= 0.3 is 0 Å². The fourth-order valence-electron chi connectivity index (χ4n) is 2.61. The van der Waals surface area contributed by atoms with E-state index in [4.69, 9.17) is 5.73 Å². The number of anilines is 1. The van der Waals surface area contributed by atoms with E-state index in [1.54, 1.807) is 0 Å². The Morgan fingerprint density at radius 1 is 1.00 bits per heavy atom. The van der Waals surface area contributed by atoms with Gasteiger partial charge in [0.2, 0.25) is 0 Å². The lowest BCUT2D eigenvalue weighted by Gasteiger charge is -2.17. The predicted molar refractivity (Wildman–Crippen MR) is 73.6 cm³/mol. The molecule has 1 fully saturated rings. The second-order valence-corrected chi connectivity index (χ2v) is 4.77. The second kappa shape index (κ2) is 4.78. The third-order valence-electron chi connectivity index (χ3n) is 3.57. The molecule has 92 valence electrons. The average Bonchev–Trinajstić information content (AvgIpc) is 2.83. The van der Waals surface area contributed by atoms with Crippen molar-refractivity contribution in [2.45, 2.75) is 12.0 Å². The molecule has 1 saturated heterocycles. The van der Waals surface area contributed by atoms with Crippen molar-refractivity contribution >= 4 is 5.82 Å². The molecule has 0 radical (unpaired) electrons. The summed E-state index contributed by atoms with van der Waals surface area (Å²) in [7, 11) is 0. The minimum absolute atomic E-state index is 0.175. The Balaban J connectivity index is 1.81. The van der Waals surface area contributed by atoms with Gasteiger partial charge in [0.1, 0.15) is 5.82 Å². The maximum Gasteiger partial charge on any atom is 0.128 e. The Kier molecular flexibility index (Phi) is 2.99. The molecule has 2 heterocycles. The Morgan fingerprint density at radius 3 is 2.50 bits per heavy atom. The van der Waals surface area contributed by atoms with Crippen LogP contribution in [0.15, 0.2) is 54.7 Å². The van der Waals surface area contributed by atoms with Crippen LogP contribution in [-0.4, -0.2) is 24.1 Å².